The van der Waals surface area contributed by atoms with E-state index in [4.69, 9.17) is 11.6 Å². The van der Waals surface area contributed by atoms with Gasteiger partial charge in [-0.15, -0.1) is 11.6 Å². The number of nitrogens with zero attached hydrogens (tertiary/aromatic N) is 2. The third kappa shape index (κ3) is 2.96. The van der Waals surface area contributed by atoms with Gasteiger partial charge in [-0.2, -0.15) is 5.10 Å². The van der Waals surface area contributed by atoms with Crippen molar-refractivity contribution in [3.05, 3.63) is 11.8 Å². The number of anilines is 1. The van der Waals surface area contributed by atoms with E-state index in [9.17, 15) is 4.79 Å². The zero-order chi connectivity index (χ0) is 11.6. The lowest BCUT2D eigenvalue weighted by Crippen LogP contribution is -2.15. The van der Waals surface area contributed by atoms with Gasteiger partial charge in [0.05, 0.1) is 5.69 Å². The van der Waals surface area contributed by atoms with Crippen molar-refractivity contribution in [1.29, 1.82) is 0 Å². The molecule has 1 heterocycles. The number of rotatable bonds is 2. The lowest BCUT2D eigenvalue weighted by Gasteiger charge is -2.13. The van der Waals surface area contributed by atoms with Gasteiger partial charge in [-0.1, -0.05) is 20.8 Å². The second-order valence-corrected chi connectivity index (χ2v) is 4.74. The van der Waals surface area contributed by atoms with Crippen LogP contribution in [0.5, 0.6) is 0 Å². The van der Waals surface area contributed by atoms with Crippen molar-refractivity contribution < 1.29 is 4.79 Å². The highest BCUT2D eigenvalue weighted by molar-refractivity contribution is 6.29. The van der Waals surface area contributed by atoms with Crippen LogP contribution >= 0.6 is 11.6 Å². The zero-order valence-corrected chi connectivity index (χ0v) is 10.2. The molecule has 5 heteroatoms. The Hall–Kier alpha value is -1.03. The molecule has 0 aliphatic heterocycles. The van der Waals surface area contributed by atoms with Crippen molar-refractivity contribution in [2.24, 2.45) is 7.05 Å². The van der Waals surface area contributed by atoms with E-state index in [1.807, 2.05) is 6.07 Å². The number of halogens is 1. The monoisotopic (exact) mass is 229 g/mol. The zero-order valence-electron chi connectivity index (χ0n) is 9.47. The van der Waals surface area contributed by atoms with Gasteiger partial charge in [-0.3, -0.25) is 9.48 Å². The van der Waals surface area contributed by atoms with E-state index < -0.39 is 0 Å². The molecule has 1 amide bonds. The van der Waals surface area contributed by atoms with Crippen LogP contribution in [0, 0.1) is 0 Å². The Labute approximate surface area is 94.6 Å². The number of hydrogen-bond acceptors (Lipinski definition) is 2. The van der Waals surface area contributed by atoms with Gasteiger partial charge in [0.15, 0.2) is 0 Å². The largest absolute Gasteiger partial charge is 0.310 e. The topological polar surface area (TPSA) is 46.9 Å². The first-order valence-electron chi connectivity index (χ1n) is 4.75. The van der Waals surface area contributed by atoms with Crippen LogP contribution < -0.4 is 5.32 Å². The standard InChI is InChI=1S/C10H16ClN3O/c1-10(2,3)7-5-8(14(4)13-7)12-9(15)6-11/h5H,6H2,1-4H3,(H,12,15). The quantitative estimate of drug-likeness (QED) is 0.788. The van der Waals surface area contributed by atoms with E-state index in [2.05, 4.69) is 31.2 Å². The van der Waals surface area contributed by atoms with E-state index >= 15 is 0 Å². The summed E-state index contributed by atoms with van der Waals surface area (Å²) >= 11 is 5.41. The predicted molar refractivity (Wildman–Crippen MR) is 61.3 cm³/mol. The molecule has 0 radical (unpaired) electrons. The summed E-state index contributed by atoms with van der Waals surface area (Å²) in [5, 5.41) is 7.01. The van der Waals surface area contributed by atoms with Crippen molar-refractivity contribution in [3.8, 4) is 0 Å². The average Bonchev–Trinajstić information content (AvgIpc) is 2.47. The highest BCUT2D eigenvalue weighted by atomic mass is 35.5. The Morgan fingerprint density at radius 2 is 2.20 bits per heavy atom. The molecule has 1 aromatic heterocycles. The summed E-state index contributed by atoms with van der Waals surface area (Å²) in [6.07, 6.45) is 0. The second-order valence-electron chi connectivity index (χ2n) is 4.47. The van der Waals surface area contributed by atoms with Crippen LogP contribution in [0.2, 0.25) is 0 Å². The van der Waals surface area contributed by atoms with Gasteiger partial charge in [0.25, 0.3) is 0 Å². The van der Waals surface area contributed by atoms with Crippen molar-refractivity contribution in [2.75, 3.05) is 11.2 Å². The van der Waals surface area contributed by atoms with Crippen LogP contribution in [0.4, 0.5) is 5.82 Å². The highest BCUT2D eigenvalue weighted by Gasteiger charge is 2.19. The second kappa shape index (κ2) is 4.23. The Morgan fingerprint density at radius 1 is 1.60 bits per heavy atom. The van der Waals surface area contributed by atoms with Crippen LogP contribution in [0.3, 0.4) is 0 Å². The molecule has 1 aromatic rings. The van der Waals surface area contributed by atoms with Crippen molar-refractivity contribution in [2.45, 2.75) is 26.2 Å². The first-order valence-corrected chi connectivity index (χ1v) is 5.28. The number of aryl methyl sites for hydroxylation is 1. The molecule has 0 aliphatic carbocycles. The number of carbonyl (C=O) groups excluding carboxylic acids is 1. The van der Waals surface area contributed by atoms with E-state index in [0.29, 0.717) is 5.82 Å². The molecule has 0 atom stereocenters. The maximum Gasteiger partial charge on any atom is 0.240 e. The van der Waals surface area contributed by atoms with Gasteiger partial charge in [0.1, 0.15) is 11.7 Å². The maximum absolute atomic E-state index is 11.1. The summed E-state index contributed by atoms with van der Waals surface area (Å²) in [7, 11) is 1.79. The predicted octanol–water partition coefficient (Wildman–Crippen LogP) is 1.89. The van der Waals surface area contributed by atoms with Crippen LogP contribution in [0.1, 0.15) is 26.5 Å². The molecular formula is C10H16ClN3O. The fourth-order valence-corrected chi connectivity index (χ4v) is 1.19. The Morgan fingerprint density at radius 3 is 2.60 bits per heavy atom. The molecular weight excluding hydrogens is 214 g/mol. The molecule has 0 saturated heterocycles. The highest BCUT2D eigenvalue weighted by Crippen LogP contribution is 2.23. The number of alkyl halides is 1. The van der Waals surface area contributed by atoms with Crippen molar-refractivity contribution in [1.82, 2.24) is 9.78 Å². The first-order chi connectivity index (χ1) is 6.84. The molecule has 1 rings (SSSR count). The minimum Gasteiger partial charge on any atom is -0.310 e. The lowest BCUT2D eigenvalue weighted by atomic mass is 9.92. The average molecular weight is 230 g/mol. The SMILES string of the molecule is Cn1nc(C(C)(C)C)cc1NC(=O)CCl. The van der Waals surface area contributed by atoms with E-state index in [-0.39, 0.29) is 17.2 Å². The van der Waals surface area contributed by atoms with Crippen molar-refractivity contribution in [3.63, 3.8) is 0 Å². The molecule has 15 heavy (non-hydrogen) atoms. The third-order valence-corrected chi connectivity index (χ3v) is 2.28. The fourth-order valence-electron chi connectivity index (χ4n) is 1.13. The third-order valence-electron chi connectivity index (χ3n) is 2.04. The van der Waals surface area contributed by atoms with E-state index in [0.717, 1.165) is 5.69 Å². The van der Waals surface area contributed by atoms with Gasteiger partial charge >= 0.3 is 0 Å². The van der Waals surface area contributed by atoms with Gasteiger partial charge in [0.2, 0.25) is 5.91 Å². The minimum atomic E-state index is -0.222. The van der Waals surface area contributed by atoms with Crippen LogP contribution in [0.15, 0.2) is 6.07 Å². The summed E-state index contributed by atoms with van der Waals surface area (Å²) in [6, 6.07) is 1.87. The van der Waals surface area contributed by atoms with Crippen LogP contribution in [-0.4, -0.2) is 21.6 Å². The molecule has 4 nitrogen and oxygen atoms in total. The van der Waals surface area contributed by atoms with Gasteiger partial charge < -0.3 is 5.32 Å². The summed E-state index contributed by atoms with van der Waals surface area (Å²) in [4.78, 5) is 11.1. The summed E-state index contributed by atoms with van der Waals surface area (Å²) in [5.74, 6) is 0.404. The fraction of sp³-hybridized carbons (Fsp3) is 0.600. The summed E-state index contributed by atoms with van der Waals surface area (Å²) in [6.45, 7) is 6.22. The Balaban J connectivity index is 2.92. The number of amides is 1. The number of aromatic nitrogens is 2. The number of nitrogens with one attached hydrogen (secondary N) is 1. The molecule has 0 unspecified atom stereocenters. The number of hydrogen-bond donors (Lipinski definition) is 1. The van der Waals surface area contributed by atoms with Crippen LogP contribution in [0.25, 0.3) is 0 Å². The maximum atomic E-state index is 11.1. The van der Waals surface area contributed by atoms with Gasteiger partial charge in [-0.25, -0.2) is 0 Å². The molecule has 84 valence electrons. The Kier molecular flexibility index (Phi) is 3.39. The normalized spacial score (nSPS) is 11.5. The first kappa shape index (κ1) is 12.0. The molecule has 1 N–H and O–H groups in total. The summed E-state index contributed by atoms with van der Waals surface area (Å²) < 4.78 is 1.64. The lowest BCUT2D eigenvalue weighted by molar-refractivity contribution is -0.114. The molecule has 0 aromatic carbocycles. The smallest absolute Gasteiger partial charge is 0.240 e. The van der Waals surface area contributed by atoms with Gasteiger partial charge in [-0.05, 0) is 0 Å². The van der Waals surface area contributed by atoms with Crippen LogP contribution in [-0.2, 0) is 17.3 Å². The van der Waals surface area contributed by atoms with E-state index in [1.54, 1.807) is 11.7 Å². The van der Waals surface area contributed by atoms with Crippen molar-refractivity contribution >= 4 is 23.3 Å². The molecule has 0 aliphatic rings. The minimum absolute atomic E-state index is 0.0261. The van der Waals surface area contributed by atoms with Gasteiger partial charge in [0, 0.05) is 18.5 Å². The molecule has 0 saturated carbocycles. The Bertz CT molecular complexity index is 365. The molecule has 0 spiro atoms. The van der Waals surface area contributed by atoms with E-state index in [1.165, 1.54) is 0 Å². The molecule has 0 fully saturated rings. The summed E-state index contributed by atoms with van der Waals surface area (Å²) in [5.41, 5.74) is 0.914. The number of carbonyl (C=O) groups is 1. The molecule has 0 bridgehead atoms.